The summed E-state index contributed by atoms with van der Waals surface area (Å²) < 4.78 is 0. The van der Waals surface area contributed by atoms with E-state index in [4.69, 9.17) is 5.73 Å². The van der Waals surface area contributed by atoms with Crippen LogP contribution in [0.1, 0.15) is 53.1 Å². The molecule has 2 fully saturated rings. The van der Waals surface area contributed by atoms with Gasteiger partial charge in [-0.25, -0.2) is 0 Å². The largest absolute Gasteiger partial charge is 0.403 e. The molecule has 0 radical (unpaired) electrons. The molecule has 4 N–H and O–H groups in total. The zero-order valence-corrected chi connectivity index (χ0v) is 14.4. The Balaban J connectivity index is 1.68. The van der Waals surface area contributed by atoms with Crippen LogP contribution in [0.25, 0.3) is 0 Å². The van der Waals surface area contributed by atoms with Crippen molar-refractivity contribution in [2.75, 3.05) is 7.05 Å². The SMILES string of the molecule is CN=CC(=CN)NC(=O)c1ccc(C)c(C2CC2NC2CCC2)c1. The lowest BCUT2D eigenvalue weighted by atomic mass is 9.93. The summed E-state index contributed by atoms with van der Waals surface area (Å²) in [7, 11) is 1.64. The van der Waals surface area contributed by atoms with Crippen LogP contribution in [-0.2, 0) is 0 Å². The van der Waals surface area contributed by atoms with Crippen molar-refractivity contribution in [3.63, 3.8) is 0 Å². The van der Waals surface area contributed by atoms with E-state index in [1.807, 2.05) is 18.2 Å². The molecule has 5 nitrogen and oxygen atoms in total. The van der Waals surface area contributed by atoms with Crippen molar-refractivity contribution in [3.05, 3.63) is 46.8 Å². The maximum atomic E-state index is 12.4. The molecular weight excluding hydrogens is 300 g/mol. The number of nitrogens with two attached hydrogens (primary N) is 1. The summed E-state index contributed by atoms with van der Waals surface area (Å²) in [6.45, 7) is 2.12. The van der Waals surface area contributed by atoms with Crippen LogP contribution in [0.2, 0.25) is 0 Å². The van der Waals surface area contributed by atoms with Crippen LogP contribution < -0.4 is 16.4 Å². The fourth-order valence-electron chi connectivity index (χ4n) is 3.24. The molecule has 0 aliphatic heterocycles. The Morgan fingerprint density at radius 3 is 2.79 bits per heavy atom. The van der Waals surface area contributed by atoms with Gasteiger partial charge in [0.15, 0.2) is 0 Å². The van der Waals surface area contributed by atoms with Crippen LogP contribution in [0.3, 0.4) is 0 Å². The first-order valence-electron chi connectivity index (χ1n) is 8.64. The second-order valence-corrected chi connectivity index (χ2v) is 6.78. The molecule has 1 aromatic rings. The highest BCUT2D eigenvalue weighted by Gasteiger charge is 2.41. The number of amides is 1. The third-order valence-electron chi connectivity index (χ3n) is 4.99. The predicted octanol–water partition coefficient (Wildman–Crippen LogP) is 2.22. The normalized spacial score (nSPS) is 24.0. The Bertz CT molecular complexity index is 676. The molecule has 24 heavy (non-hydrogen) atoms. The predicted molar refractivity (Wildman–Crippen MR) is 97.3 cm³/mol. The molecule has 2 atom stereocenters. The van der Waals surface area contributed by atoms with Gasteiger partial charge in [-0.1, -0.05) is 12.5 Å². The van der Waals surface area contributed by atoms with Gasteiger partial charge in [-0.3, -0.25) is 9.79 Å². The lowest BCUT2D eigenvalue weighted by Crippen LogP contribution is -2.37. The average molecular weight is 326 g/mol. The average Bonchev–Trinajstić information content (AvgIpc) is 3.30. The van der Waals surface area contributed by atoms with Gasteiger partial charge in [-0.15, -0.1) is 0 Å². The number of carbonyl (C=O) groups excluding carboxylic acids is 1. The Labute approximate surface area is 143 Å². The van der Waals surface area contributed by atoms with Crippen LogP contribution in [0, 0.1) is 6.92 Å². The van der Waals surface area contributed by atoms with Crippen molar-refractivity contribution in [3.8, 4) is 0 Å². The fraction of sp³-hybridized carbons (Fsp3) is 0.474. The summed E-state index contributed by atoms with van der Waals surface area (Å²) in [4.78, 5) is 16.3. The van der Waals surface area contributed by atoms with Crippen molar-refractivity contribution >= 4 is 12.1 Å². The maximum absolute atomic E-state index is 12.4. The first kappa shape index (κ1) is 16.7. The molecule has 0 spiro atoms. The minimum atomic E-state index is -0.156. The molecular formula is C19H26N4O. The van der Waals surface area contributed by atoms with Crippen LogP contribution >= 0.6 is 0 Å². The highest BCUT2D eigenvalue weighted by Crippen LogP contribution is 2.43. The first-order valence-corrected chi connectivity index (χ1v) is 8.64. The molecule has 0 bridgehead atoms. The number of aryl methyl sites for hydroxylation is 1. The van der Waals surface area contributed by atoms with Crippen molar-refractivity contribution in [1.82, 2.24) is 10.6 Å². The second kappa shape index (κ2) is 7.18. The molecule has 5 heteroatoms. The molecule has 1 amide bonds. The molecule has 2 aliphatic rings. The summed E-state index contributed by atoms with van der Waals surface area (Å²) in [6.07, 6.45) is 8.00. The van der Waals surface area contributed by atoms with E-state index in [1.165, 1.54) is 49.2 Å². The zero-order valence-electron chi connectivity index (χ0n) is 14.4. The third kappa shape index (κ3) is 3.67. The van der Waals surface area contributed by atoms with Crippen molar-refractivity contribution in [1.29, 1.82) is 0 Å². The quantitative estimate of drug-likeness (QED) is 0.701. The molecule has 1 aromatic carbocycles. The van der Waals surface area contributed by atoms with Crippen LogP contribution in [-0.4, -0.2) is 31.3 Å². The number of benzene rings is 1. The van der Waals surface area contributed by atoms with Crippen molar-refractivity contribution in [2.24, 2.45) is 10.7 Å². The fourth-order valence-corrected chi connectivity index (χ4v) is 3.24. The van der Waals surface area contributed by atoms with E-state index >= 15 is 0 Å². The summed E-state index contributed by atoms with van der Waals surface area (Å²) >= 11 is 0. The third-order valence-corrected chi connectivity index (χ3v) is 4.99. The number of carbonyl (C=O) groups is 1. The molecule has 2 unspecified atom stereocenters. The number of allylic oxidation sites excluding steroid dienone is 1. The second-order valence-electron chi connectivity index (χ2n) is 6.78. The standard InChI is InChI=1S/C19H26N4O/c1-12-6-7-13(19(24)23-15(10-20)11-21-2)8-16(12)17-9-18(17)22-14-4-3-5-14/h6-8,10-11,14,17-18,22H,3-5,9,20H2,1-2H3,(H,23,24). The Hall–Kier alpha value is -2.14. The van der Waals surface area contributed by atoms with Gasteiger partial charge in [0.05, 0.1) is 5.70 Å². The van der Waals surface area contributed by atoms with E-state index < -0.39 is 0 Å². The Morgan fingerprint density at radius 1 is 1.38 bits per heavy atom. The number of nitrogens with zero attached hydrogens (tertiary/aromatic N) is 1. The lowest BCUT2D eigenvalue weighted by Gasteiger charge is -2.26. The highest BCUT2D eigenvalue weighted by atomic mass is 16.1. The lowest BCUT2D eigenvalue weighted by molar-refractivity contribution is 0.0968. The maximum Gasteiger partial charge on any atom is 0.255 e. The zero-order chi connectivity index (χ0) is 17.1. The molecule has 3 rings (SSSR count). The number of rotatable bonds is 6. The van der Waals surface area contributed by atoms with Gasteiger partial charge < -0.3 is 16.4 Å². The monoisotopic (exact) mass is 326 g/mol. The minimum Gasteiger partial charge on any atom is -0.403 e. The summed E-state index contributed by atoms with van der Waals surface area (Å²) in [5, 5.41) is 6.51. The van der Waals surface area contributed by atoms with Gasteiger partial charge in [-0.2, -0.15) is 0 Å². The van der Waals surface area contributed by atoms with Crippen LogP contribution in [0.4, 0.5) is 0 Å². The van der Waals surface area contributed by atoms with Gasteiger partial charge in [0.2, 0.25) is 0 Å². The summed E-state index contributed by atoms with van der Waals surface area (Å²) in [5.41, 5.74) is 9.19. The Kier molecular flexibility index (Phi) is 5.00. The summed E-state index contributed by atoms with van der Waals surface area (Å²) in [5.74, 6) is 0.372. The first-order chi connectivity index (χ1) is 11.6. The van der Waals surface area contributed by atoms with Gasteiger partial charge in [-0.05, 0) is 49.4 Å². The molecule has 0 saturated heterocycles. The number of aliphatic imine (C=N–C) groups is 1. The van der Waals surface area contributed by atoms with Gasteiger partial charge in [0.25, 0.3) is 5.91 Å². The smallest absolute Gasteiger partial charge is 0.255 e. The van der Waals surface area contributed by atoms with E-state index in [9.17, 15) is 4.79 Å². The number of hydrogen-bond acceptors (Lipinski definition) is 4. The van der Waals surface area contributed by atoms with E-state index in [0.29, 0.717) is 29.3 Å². The van der Waals surface area contributed by atoms with E-state index in [0.717, 1.165) is 0 Å². The van der Waals surface area contributed by atoms with E-state index in [1.54, 1.807) is 7.05 Å². The molecule has 2 saturated carbocycles. The molecule has 2 aliphatic carbocycles. The number of hydrogen-bond donors (Lipinski definition) is 3. The Morgan fingerprint density at radius 2 is 2.17 bits per heavy atom. The topological polar surface area (TPSA) is 79.5 Å². The minimum absolute atomic E-state index is 0.156. The summed E-state index contributed by atoms with van der Waals surface area (Å²) in [6, 6.07) is 7.19. The van der Waals surface area contributed by atoms with E-state index in [-0.39, 0.29) is 5.91 Å². The van der Waals surface area contributed by atoms with E-state index in [2.05, 4.69) is 22.5 Å². The van der Waals surface area contributed by atoms with Crippen LogP contribution in [0.15, 0.2) is 35.1 Å². The van der Waals surface area contributed by atoms with Crippen molar-refractivity contribution in [2.45, 2.75) is 50.6 Å². The van der Waals surface area contributed by atoms with Gasteiger partial charge in [0, 0.05) is 43.0 Å². The van der Waals surface area contributed by atoms with Crippen LogP contribution in [0.5, 0.6) is 0 Å². The molecule has 0 heterocycles. The molecule has 0 aromatic heterocycles. The number of nitrogens with one attached hydrogen (secondary N) is 2. The molecule has 128 valence electrons. The van der Waals surface area contributed by atoms with Gasteiger partial charge >= 0.3 is 0 Å². The van der Waals surface area contributed by atoms with Gasteiger partial charge in [0.1, 0.15) is 0 Å². The van der Waals surface area contributed by atoms with Crippen molar-refractivity contribution < 1.29 is 4.79 Å². The highest BCUT2D eigenvalue weighted by molar-refractivity contribution is 5.99.